The van der Waals surface area contributed by atoms with Gasteiger partial charge in [0, 0.05) is 13.6 Å². The van der Waals surface area contributed by atoms with Crippen molar-refractivity contribution in [2.75, 3.05) is 5.32 Å². The molecule has 130 valence electrons. The third kappa shape index (κ3) is 2.92. The summed E-state index contributed by atoms with van der Waals surface area (Å²) in [5, 5.41) is 3.68. The predicted molar refractivity (Wildman–Crippen MR) is 98.6 cm³/mol. The largest absolute Gasteiger partial charge is 0.338 e. The van der Waals surface area contributed by atoms with E-state index in [0.29, 0.717) is 28.6 Å². The summed E-state index contributed by atoms with van der Waals surface area (Å²) in [4.78, 5) is 37.4. The van der Waals surface area contributed by atoms with Crippen molar-refractivity contribution in [1.82, 2.24) is 9.13 Å². The first-order chi connectivity index (χ1) is 11.8. The van der Waals surface area contributed by atoms with E-state index in [4.69, 9.17) is 23.2 Å². The van der Waals surface area contributed by atoms with Crippen LogP contribution in [0, 0.1) is 0 Å². The number of allylic oxidation sites excluding steroid dienone is 1. The first-order valence-electron chi connectivity index (χ1n) is 7.67. The minimum Gasteiger partial charge on any atom is -0.338 e. The monoisotopic (exact) mass is 379 g/mol. The highest BCUT2D eigenvalue weighted by molar-refractivity contribution is 6.42. The molecule has 6 nitrogen and oxygen atoms in total. The molecule has 0 fully saturated rings. The Morgan fingerprint density at radius 1 is 1.16 bits per heavy atom. The molecule has 1 aliphatic heterocycles. The van der Waals surface area contributed by atoms with Gasteiger partial charge in [-0.15, -0.1) is 0 Å². The molecule has 25 heavy (non-hydrogen) atoms. The topological polar surface area (TPSA) is 73.1 Å². The van der Waals surface area contributed by atoms with Gasteiger partial charge in [-0.25, -0.2) is 4.79 Å². The van der Waals surface area contributed by atoms with Gasteiger partial charge < -0.3 is 5.32 Å². The van der Waals surface area contributed by atoms with E-state index in [-0.39, 0.29) is 17.1 Å². The van der Waals surface area contributed by atoms with Crippen LogP contribution in [0.3, 0.4) is 0 Å². The lowest BCUT2D eigenvalue weighted by molar-refractivity contribution is 0.104. The fraction of sp³-hybridized carbons (Fsp3) is 0.235. The van der Waals surface area contributed by atoms with E-state index in [1.165, 1.54) is 11.6 Å². The average Bonchev–Trinajstić information content (AvgIpc) is 2.89. The Kier molecular flexibility index (Phi) is 4.58. The van der Waals surface area contributed by atoms with Crippen LogP contribution < -0.4 is 16.6 Å². The summed E-state index contributed by atoms with van der Waals surface area (Å²) >= 11 is 11.9. The third-order valence-corrected chi connectivity index (χ3v) is 4.71. The molecule has 8 heteroatoms. The second-order valence-electron chi connectivity index (χ2n) is 5.71. The fourth-order valence-corrected chi connectivity index (χ4v) is 3.03. The number of halogens is 2. The standard InChI is InChI=1S/C17H15Cl2N3O3/c1-3-6-22-15-13(16(24)21(2)17(22)25)14(23)12(20-15)8-9-4-5-10(18)11(19)7-9/h4-5,7-8,20H,3,6H2,1-2H3/b12-8-. The molecular formula is C17H15Cl2N3O3. The first kappa shape index (κ1) is 17.5. The van der Waals surface area contributed by atoms with Gasteiger partial charge in [0.2, 0.25) is 5.78 Å². The molecular weight excluding hydrogens is 365 g/mol. The number of Topliss-reactive ketones (excluding diaryl/α,β-unsaturated/α-hetero) is 1. The number of fused-ring (bicyclic) bond motifs is 1. The van der Waals surface area contributed by atoms with Crippen molar-refractivity contribution < 1.29 is 4.79 Å². The Bertz CT molecular complexity index is 1030. The maximum Gasteiger partial charge on any atom is 0.332 e. The minimum absolute atomic E-state index is 0.0261. The maximum absolute atomic E-state index is 12.7. The highest BCUT2D eigenvalue weighted by Crippen LogP contribution is 2.28. The van der Waals surface area contributed by atoms with Crippen LogP contribution in [0.1, 0.15) is 29.3 Å². The molecule has 0 saturated heterocycles. The molecule has 1 aromatic carbocycles. The Balaban J connectivity index is 2.15. The van der Waals surface area contributed by atoms with Gasteiger partial charge in [0.1, 0.15) is 11.4 Å². The van der Waals surface area contributed by atoms with E-state index in [9.17, 15) is 14.4 Å². The number of aromatic nitrogens is 2. The Hall–Kier alpha value is -2.31. The Labute approximate surface area is 153 Å². The average molecular weight is 380 g/mol. The maximum atomic E-state index is 12.7. The molecule has 3 rings (SSSR count). The molecule has 0 atom stereocenters. The second-order valence-corrected chi connectivity index (χ2v) is 6.52. The number of rotatable bonds is 3. The Morgan fingerprint density at radius 3 is 2.52 bits per heavy atom. The van der Waals surface area contributed by atoms with Crippen LogP contribution in [0.2, 0.25) is 10.0 Å². The molecule has 0 radical (unpaired) electrons. The van der Waals surface area contributed by atoms with E-state index in [0.717, 1.165) is 4.57 Å². The number of nitrogens with one attached hydrogen (secondary N) is 1. The van der Waals surface area contributed by atoms with Crippen LogP contribution >= 0.6 is 23.2 Å². The number of benzene rings is 1. The van der Waals surface area contributed by atoms with Gasteiger partial charge in [0.15, 0.2) is 0 Å². The van der Waals surface area contributed by atoms with Crippen LogP contribution in [-0.4, -0.2) is 14.9 Å². The number of hydrogen-bond acceptors (Lipinski definition) is 4. The van der Waals surface area contributed by atoms with Crippen molar-refractivity contribution in [3.8, 4) is 0 Å². The molecule has 0 saturated carbocycles. The van der Waals surface area contributed by atoms with Gasteiger partial charge >= 0.3 is 5.69 Å². The minimum atomic E-state index is -0.609. The zero-order valence-electron chi connectivity index (χ0n) is 13.6. The van der Waals surface area contributed by atoms with Gasteiger partial charge in [0.05, 0.1) is 15.7 Å². The number of ketones is 1. The zero-order chi connectivity index (χ0) is 18.3. The fourth-order valence-electron chi connectivity index (χ4n) is 2.72. The number of carbonyl (C=O) groups excluding carboxylic acids is 1. The van der Waals surface area contributed by atoms with Crippen LogP contribution in [0.4, 0.5) is 5.82 Å². The van der Waals surface area contributed by atoms with Crippen molar-refractivity contribution in [2.24, 2.45) is 7.05 Å². The SMILES string of the molecule is CCCn1c2c(c(=O)n(C)c1=O)C(=O)/C(=C/c1ccc(Cl)c(Cl)c1)N2. The first-order valence-corrected chi connectivity index (χ1v) is 8.43. The highest BCUT2D eigenvalue weighted by atomic mass is 35.5. The van der Waals surface area contributed by atoms with Gasteiger partial charge in [-0.05, 0) is 30.2 Å². The molecule has 1 N–H and O–H groups in total. The van der Waals surface area contributed by atoms with Crippen LogP contribution in [0.15, 0.2) is 33.5 Å². The zero-order valence-corrected chi connectivity index (χ0v) is 15.1. The molecule has 0 spiro atoms. The number of nitrogens with zero attached hydrogens (tertiary/aromatic N) is 2. The van der Waals surface area contributed by atoms with Gasteiger partial charge in [-0.2, -0.15) is 0 Å². The summed E-state index contributed by atoms with van der Waals surface area (Å²) in [5.41, 5.74) is -0.230. The molecule has 2 heterocycles. The molecule has 1 aliphatic rings. The van der Waals surface area contributed by atoms with Crippen molar-refractivity contribution in [3.63, 3.8) is 0 Å². The summed E-state index contributed by atoms with van der Waals surface area (Å²) in [6.45, 7) is 2.31. The lowest BCUT2D eigenvalue weighted by Crippen LogP contribution is -2.40. The van der Waals surface area contributed by atoms with E-state index in [1.807, 2.05) is 6.92 Å². The summed E-state index contributed by atoms with van der Waals surface area (Å²) in [5.74, 6) is -0.210. The van der Waals surface area contributed by atoms with Crippen molar-refractivity contribution in [1.29, 1.82) is 0 Å². The van der Waals surface area contributed by atoms with Crippen molar-refractivity contribution in [3.05, 3.63) is 65.9 Å². The smallest absolute Gasteiger partial charge is 0.332 e. The summed E-state index contributed by atoms with van der Waals surface area (Å²) in [7, 11) is 1.37. The van der Waals surface area contributed by atoms with Crippen LogP contribution in [0.25, 0.3) is 6.08 Å². The molecule has 0 bridgehead atoms. The van der Waals surface area contributed by atoms with Crippen molar-refractivity contribution >= 4 is 40.9 Å². The summed E-state index contributed by atoms with van der Waals surface area (Å²) < 4.78 is 2.36. The van der Waals surface area contributed by atoms with Crippen LogP contribution in [-0.2, 0) is 13.6 Å². The lowest BCUT2D eigenvalue weighted by Gasteiger charge is -2.11. The molecule has 1 aromatic heterocycles. The van der Waals surface area contributed by atoms with Gasteiger partial charge in [-0.3, -0.25) is 18.7 Å². The molecule has 0 unspecified atom stereocenters. The third-order valence-electron chi connectivity index (χ3n) is 3.97. The molecule has 0 aliphatic carbocycles. The van der Waals surface area contributed by atoms with E-state index < -0.39 is 17.0 Å². The quantitative estimate of drug-likeness (QED) is 0.832. The summed E-state index contributed by atoms with van der Waals surface area (Å²) in [6, 6.07) is 4.94. The normalized spacial score (nSPS) is 14.7. The van der Waals surface area contributed by atoms with E-state index in [1.54, 1.807) is 24.3 Å². The van der Waals surface area contributed by atoms with E-state index >= 15 is 0 Å². The second kappa shape index (κ2) is 6.54. The van der Waals surface area contributed by atoms with Gasteiger partial charge in [-0.1, -0.05) is 36.2 Å². The highest BCUT2D eigenvalue weighted by Gasteiger charge is 2.32. The molecule has 0 amide bonds. The Morgan fingerprint density at radius 2 is 1.88 bits per heavy atom. The molecule has 2 aromatic rings. The lowest BCUT2D eigenvalue weighted by atomic mass is 10.1. The predicted octanol–water partition coefficient (Wildman–Crippen LogP) is 2.91. The van der Waals surface area contributed by atoms with Gasteiger partial charge in [0.25, 0.3) is 5.56 Å². The van der Waals surface area contributed by atoms with Crippen LogP contribution in [0.5, 0.6) is 0 Å². The number of anilines is 1. The summed E-state index contributed by atoms with van der Waals surface area (Å²) in [6.07, 6.45) is 2.26. The van der Waals surface area contributed by atoms with E-state index in [2.05, 4.69) is 5.32 Å². The number of carbonyl (C=O) groups is 1. The van der Waals surface area contributed by atoms with Crippen molar-refractivity contribution in [2.45, 2.75) is 19.9 Å². The number of hydrogen-bond donors (Lipinski definition) is 1.